The average Bonchev–Trinajstić information content (AvgIpc) is 3.54. The molecule has 0 saturated carbocycles. The van der Waals surface area contributed by atoms with Crippen molar-refractivity contribution in [2.24, 2.45) is 0 Å². The van der Waals surface area contributed by atoms with Crippen molar-refractivity contribution >= 4 is 30.8 Å². The molecule has 0 aromatic carbocycles. The molecule has 0 aliphatic carbocycles. The molecule has 18 nitrogen and oxygen atoms in total. The van der Waals surface area contributed by atoms with E-state index in [1.54, 1.807) is 0 Å². The number of aliphatic hydroxyl groups excluding tert-OH is 2. The molecule has 7 atom stereocenters. The van der Waals surface area contributed by atoms with E-state index in [9.17, 15) is 29.3 Å². The molecular weight excluding hydrogens is 531 g/mol. The molecule has 206 valence electrons. The minimum atomic E-state index is -4.74. The lowest BCUT2D eigenvalue weighted by atomic mass is 10.2. The molecule has 19 heteroatoms. The summed E-state index contributed by atoms with van der Waals surface area (Å²) in [4.78, 5) is 48.4. The van der Waals surface area contributed by atoms with Crippen LogP contribution in [0.25, 0.3) is 11.2 Å². The second-order valence-electron chi connectivity index (χ2n) is 8.71. The first-order valence-electron chi connectivity index (χ1n) is 11.4. The van der Waals surface area contributed by atoms with Gasteiger partial charge in [0.05, 0.1) is 25.6 Å². The Morgan fingerprint density at radius 1 is 1.16 bits per heavy atom. The predicted octanol–water partition coefficient (Wildman–Crippen LogP) is -2.03. The fourth-order valence-corrected chi connectivity index (χ4v) is 5.31. The van der Waals surface area contributed by atoms with Crippen LogP contribution in [0, 0.1) is 0 Å². The number of aromatic amines is 1. The lowest BCUT2D eigenvalue weighted by Gasteiger charge is -2.21. The third-order valence-electron chi connectivity index (χ3n) is 6.16. The molecule has 2 fully saturated rings. The molecule has 2 aliphatic heterocycles. The number of anilines is 2. The summed E-state index contributed by atoms with van der Waals surface area (Å²) in [6.07, 6.45) is -3.42. The van der Waals surface area contributed by atoms with E-state index in [4.69, 9.17) is 30.0 Å². The Labute approximate surface area is 212 Å². The van der Waals surface area contributed by atoms with Crippen molar-refractivity contribution in [2.75, 3.05) is 24.7 Å². The zero-order valence-electron chi connectivity index (χ0n) is 19.6. The Hall–Kier alpha value is -3.22. The van der Waals surface area contributed by atoms with Gasteiger partial charge in [-0.05, 0) is 6.07 Å². The normalized spacial score (nSPS) is 29.1. The van der Waals surface area contributed by atoms with Gasteiger partial charge in [-0.2, -0.15) is 9.97 Å². The number of ether oxygens (including phenoxy) is 2. The number of hydrogen-bond donors (Lipinski definition) is 6. The van der Waals surface area contributed by atoms with Crippen molar-refractivity contribution in [3.63, 3.8) is 0 Å². The van der Waals surface area contributed by atoms with Crippen LogP contribution in [0.5, 0.6) is 0 Å². The van der Waals surface area contributed by atoms with Gasteiger partial charge in [0.15, 0.2) is 11.2 Å². The Morgan fingerprint density at radius 3 is 2.63 bits per heavy atom. The number of hydrogen-bond acceptors (Lipinski definition) is 14. The minimum absolute atomic E-state index is 0.00109. The van der Waals surface area contributed by atoms with Gasteiger partial charge in [-0.3, -0.25) is 28.0 Å². The van der Waals surface area contributed by atoms with Crippen molar-refractivity contribution in [3.8, 4) is 0 Å². The fourth-order valence-electron chi connectivity index (χ4n) is 4.35. The number of nitrogens with two attached hydrogens (primary N) is 2. The third-order valence-corrected chi connectivity index (χ3v) is 7.17. The van der Waals surface area contributed by atoms with Crippen LogP contribution in [0.15, 0.2) is 28.2 Å². The van der Waals surface area contributed by atoms with Crippen molar-refractivity contribution in [2.45, 2.75) is 49.7 Å². The Balaban J connectivity index is 1.23. The molecular formula is C19H25N8O10P. The molecule has 2 aliphatic rings. The SMILES string of the molecule is Nc1ccn([C@H]2C[C@H](O)[C@@H](COP(=O)(O)O[C@H]3C[C@H](n4cnc5c(=O)[nH]c(N)nc54)O[C@@H]3CO)O2)c(=O)n1. The Kier molecular flexibility index (Phi) is 7.05. The van der Waals surface area contributed by atoms with Gasteiger partial charge < -0.3 is 36.0 Å². The van der Waals surface area contributed by atoms with E-state index in [-0.39, 0.29) is 35.8 Å². The smallest absolute Gasteiger partial charge is 0.394 e. The first-order valence-corrected chi connectivity index (χ1v) is 12.9. The molecule has 5 rings (SSSR count). The Morgan fingerprint density at radius 2 is 1.89 bits per heavy atom. The molecule has 2 saturated heterocycles. The van der Waals surface area contributed by atoms with Gasteiger partial charge in [-0.1, -0.05) is 0 Å². The third kappa shape index (κ3) is 5.20. The van der Waals surface area contributed by atoms with E-state index >= 15 is 0 Å². The second kappa shape index (κ2) is 10.2. The highest BCUT2D eigenvalue weighted by molar-refractivity contribution is 7.47. The summed E-state index contributed by atoms with van der Waals surface area (Å²) in [5.41, 5.74) is 9.98. The molecule has 38 heavy (non-hydrogen) atoms. The van der Waals surface area contributed by atoms with E-state index in [1.165, 1.54) is 23.2 Å². The van der Waals surface area contributed by atoms with Crippen LogP contribution >= 0.6 is 7.82 Å². The number of imidazole rings is 1. The lowest BCUT2D eigenvalue weighted by Crippen LogP contribution is -2.29. The van der Waals surface area contributed by atoms with Gasteiger partial charge in [0.2, 0.25) is 5.95 Å². The van der Waals surface area contributed by atoms with E-state index in [0.29, 0.717) is 0 Å². The lowest BCUT2D eigenvalue weighted by molar-refractivity contribution is -0.0566. The van der Waals surface area contributed by atoms with E-state index < -0.39 is 69.2 Å². The fraction of sp³-hybridized carbons (Fsp3) is 0.526. The first-order chi connectivity index (χ1) is 18.0. The number of rotatable bonds is 8. The standard InChI is InChI=1S/C19H25N8O10P/c20-12-1-2-26(19(31)23-12)13-3-8(29)11(36-13)6-34-38(32,33)37-9-4-14(35-10(9)5-28)27-7-22-15-16(27)24-18(21)25-17(15)30/h1-2,7-11,13-14,28-29H,3-6H2,(H,32,33)(H2,20,23,31)(H3,21,24,25,30)/t8-,9-,10+,11+,13+,14+/m0/s1. The topological polar surface area (TPSA) is 265 Å². The molecule has 8 N–H and O–H groups in total. The van der Waals surface area contributed by atoms with Crippen LogP contribution in [-0.2, 0) is 23.1 Å². The van der Waals surface area contributed by atoms with Gasteiger partial charge in [0.25, 0.3) is 5.56 Å². The number of fused-ring (bicyclic) bond motifs is 1. The number of aliphatic hydroxyl groups is 2. The maximum absolute atomic E-state index is 12.7. The molecule has 3 aromatic rings. The molecule has 0 bridgehead atoms. The second-order valence-corrected chi connectivity index (χ2v) is 10.1. The van der Waals surface area contributed by atoms with Crippen LogP contribution in [0.4, 0.5) is 11.8 Å². The highest BCUT2D eigenvalue weighted by atomic mass is 31.2. The summed E-state index contributed by atoms with van der Waals surface area (Å²) in [6, 6.07) is 1.39. The van der Waals surface area contributed by atoms with Gasteiger partial charge >= 0.3 is 13.5 Å². The molecule has 1 unspecified atom stereocenters. The van der Waals surface area contributed by atoms with Gasteiger partial charge in [0, 0.05) is 19.0 Å². The zero-order valence-corrected chi connectivity index (χ0v) is 20.5. The van der Waals surface area contributed by atoms with Crippen LogP contribution in [-0.4, -0.2) is 81.8 Å². The van der Waals surface area contributed by atoms with Crippen molar-refractivity contribution in [1.29, 1.82) is 0 Å². The quantitative estimate of drug-likeness (QED) is 0.163. The van der Waals surface area contributed by atoms with Crippen molar-refractivity contribution < 1.29 is 38.2 Å². The molecule has 0 spiro atoms. The molecule has 0 amide bonds. The van der Waals surface area contributed by atoms with E-state index in [1.807, 2.05) is 0 Å². The molecule has 5 heterocycles. The number of nitrogens with one attached hydrogen (secondary N) is 1. The van der Waals surface area contributed by atoms with Gasteiger partial charge in [-0.15, -0.1) is 0 Å². The van der Waals surface area contributed by atoms with Crippen molar-refractivity contribution in [3.05, 3.63) is 39.4 Å². The van der Waals surface area contributed by atoms with Crippen molar-refractivity contribution in [1.82, 2.24) is 29.1 Å². The molecule has 0 radical (unpaired) electrons. The highest BCUT2D eigenvalue weighted by Gasteiger charge is 2.43. The number of phosphoric acid groups is 1. The number of nitrogen functional groups attached to an aromatic ring is 2. The van der Waals surface area contributed by atoms with E-state index in [0.717, 1.165) is 4.57 Å². The highest BCUT2D eigenvalue weighted by Crippen LogP contribution is 2.49. The molecule has 3 aromatic heterocycles. The zero-order chi connectivity index (χ0) is 27.2. The number of aromatic nitrogens is 6. The minimum Gasteiger partial charge on any atom is -0.394 e. The summed E-state index contributed by atoms with van der Waals surface area (Å²) in [5.74, 6) is -0.115. The average molecular weight is 556 g/mol. The maximum atomic E-state index is 12.7. The van der Waals surface area contributed by atoms with E-state index in [2.05, 4.69) is 19.9 Å². The van der Waals surface area contributed by atoms with Gasteiger partial charge in [0.1, 0.15) is 36.6 Å². The number of nitrogens with zero attached hydrogens (tertiary/aromatic N) is 5. The summed E-state index contributed by atoms with van der Waals surface area (Å²) in [5, 5.41) is 20.1. The first kappa shape index (κ1) is 26.4. The van der Waals surface area contributed by atoms with Crippen LogP contribution in [0.1, 0.15) is 25.3 Å². The van der Waals surface area contributed by atoms with Crippen LogP contribution in [0.2, 0.25) is 0 Å². The summed E-state index contributed by atoms with van der Waals surface area (Å²) < 4.78 is 36.9. The predicted molar refractivity (Wildman–Crippen MR) is 126 cm³/mol. The summed E-state index contributed by atoms with van der Waals surface area (Å²) >= 11 is 0. The number of phosphoric ester groups is 1. The largest absolute Gasteiger partial charge is 0.472 e. The van der Waals surface area contributed by atoms with Crippen LogP contribution < -0.4 is 22.7 Å². The summed E-state index contributed by atoms with van der Waals surface area (Å²) in [7, 11) is -4.74. The Bertz CT molecular complexity index is 1490. The van der Waals surface area contributed by atoms with Gasteiger partial charge in [-0.25, -0.2) is 14.3 Å². The number of H-pyrrole nitrogens is 1. The van der Waals surface area contributed by atoms with Crippen LogP contribution in [0.3, 0.4) is 0 Å². The summed E-state index contributed by atoms with van der Waals surface area (Å²) in [6.45, 7) is -1.10. The monoisotopic (exact) mass is 556 g/mol. The maximum Gasteiger partial charge on any atom is 0.472 e.